The summed E-state index contributed by atoms with van der Waals surface area (Å²) in [4.78, 5) is 13.2. The summed E-state index contributed by atoms with van der Waals surface area (Å²) >= 11 is 1.56. The van der Waals surface area contributed by atoms with Crippen LogP contribution in [0.4, 0.5) is 17.1 Å². The molecular weight excluding hydrogens is 354 g/mol. The number of benzene rings is 3. The van der Waals surface area contributed by atoms with Gasteiger partial charge in [0, 0.05) is 16.7 Å². The quantitative estimate of drug-likeness (QED) is 0.309. The molecule has 3 rings (SSSR count). The van der Waals surface area contributed by atoms with Crippen molar-refractivity contribution in [1.82, 2.24) is 0 Å². The second-order valence-corrected chi connectivity index (χ2v) is 6.93. The van der Waals surface area contributed by atoms with E-state index >= 15 is 0 Å². The predicted molar refractivity (Wildman–Crippen MR) is 116 cm³/mol. The van der Waals surface area contributed by atoms with E-state index < -0.39 is 0 Å². The highest BCUT2D eigenvalue weighted by molar-refractivity contribution is 8.00. The SMILES string of the molecule is Cc1ccc(SNc2ccc(/C=C/C(=O)Nc3ccccc3N)cc2)cc1. The van der Waals surface area contributed by atoms with Gasteiger partial charge in [-0.2, -0.15) is 0 Å². The number of hydrogen-bond acceptors (Lipinski definition) is 4. The third-order valence-corrected chi connectivity index (χ3v) is 4.71. The van der Waals surface area contributed by atoms with E-state index in [4.69, 9.17) is 5.73 Å². The smallest absolute Gasteiger partial charge is 0.248 e. The molecule has 0 aliphatic heterocycles. The van der Waals surface area contributed by atoms with Crippen LogP contribution in [0.15, 0.2) is 83.8 Å². The molecule has 0 heterocycles. The van der Waals surface area contributed by atoms with Crippen molar-refractivity contribution < 1.29 is 4.79 Å². The molecule has 0 spiro atoms. The Bertz CT molecular complexity index is 935. The average Bonchev–Trinajstić information content (AvgIpc) is 2.68. The number of nitrogens with one attached hydrogen (secondary N) is 2. The van der Waals surface area contributed by atoms with Gasteiger partial charge in [0.1, 0.15) is 0 Å². The summed E-state index contributed by atoms with van der Waals surface area (Å²) in [5.74, 6) is -0.218. The highest BCUT2D eigenvalue weighted by Crippen LogP contribution is 2.22. The van der Waals surface area contributed by atoms with Crippen LogP contribution < -0.4 is 15.8 Å². The van der Waals surface area contributed by atoms with E-state index in [-0.39, 0.29) is 5.91 Å². The van der Waals surface area contributed by atoms with E-state index in [1.807, 2.05) is 36.4 Å². The van der Waals surface area contributed by atoms with Gasteiger partial charge in [0.15, 0.2) is 0 Å². The highest BCUT2D eigenvalue weighted by Gasteiger charge is 2.01. The lowest BCUT2D eigenvalue weighted by atomic mass is 10.2. The molecule has 0 saturated heterocycles. The fourth-order valence-corrected chi connectivity index (χ4v) is 2.99. The number of anilines is 3. The Morgan fingerprint density at radius 1 is 0.963 bits per heavy atom. The zero-order valence-electron chi connectivity index (χ0n) is 15.0. The van der Waals surface area contributed by atoms with E-state index in [9.17, 15) is 4.79 Å². The van der Waals surface area contributed by atoms with E-state index in [1.54, 1.807) is 30.2 Å². The number of nitrogens with two attached hydrogens (primary N) is 1. The number of aryl methyl sites for hydroxylation is 1. The average molecular weight is 375 g/mol. The van der Waals surface area contributed by atoms with Gasteiger partial charge in [-0.05, 0) is 66.9 Å². The maximum absolute atomic E-state index is 12.0. The van der Waals surface area contributed by atoms with Crippen molar-refractivity contribution in [2.45, 2.75) is 11.8 Å². The summed E-state index contributed by atoms with van der Waals surface area (Å²) in [5.41, 5.74) is 10.2. The number of amides is 1. The Morgan fingerprint density at radius 3 is 2.37 bits per heavy atom. The van der Waals surface area contributed by atoms with Gasteiger partial charge in [-0.25, -0.2) is 0 Å². The summed E-state index contributed by atoms with van der Waals surface area (Å²) in [6.07, 6.45) is 3.27. The molecule has 4 nitrogen and oxygen atoms in total. The van der Waals surface area contributed by atoms with E-state index in [2.05, 4.69) is 41.2 Å². The van der Waals surface area contributed by atoms with Crippen LogP contribution in [0, 0.1) is 6.92 Å². The number of para-hydroxylation sites is 2. The van der Waals surface area contributed by atoms with E-state index in [0.717, 1.165) is 16.1 Å². The third-order valence-electron chi connectivity index (χ3n) is 3.86. The first-order valence-corrected chi connectivity index (χ1v) is 9.35. The summed E-state index contributed by atoms with van der Waals surface area (Å²) in [6.45, 7) is 2.07. The van der Waals surface area contributed by atoms with Crippen molar-refractivity contribution in [1.29, 1.82) is 0 Å². The van der Waals surface area contributed by atoms with Gasteiger partial charge < -0.3 is 15.8 Å². The predicted octanol–water partition coefficient (Wildman–Crippen LogP) is 5.35. The Labute approximate surface area is 163 Å². The zero-order valence-corrected chi connectivity index (χ0v) is 15.8. The molecule has 136 valence electrons. The lowest BCUT2D eigenvalue weighted by Gasteiger charge is -2.06. The molecule has 5 heteroatoms. The molecule has 0 atom stereocenters. The minimum atomic E-state index is -0.218. The van der Waals surface area contributed by atoms with E-state index in [0.29, 0.717) is 11.4 Å². The van der Waals surface area contributed by atoms with Crippen molar-refractivity contribution in [3.63, 3.8) is 0 Å². The first-order valence-electron chi connectivity index (χ1n) is 8.53. The van der Waals surface area contributed by atoms with Crippen molar-refractivity contribution in [3.8, 4) is 0 Å². The first-order chi connectivity index (χ1) is 13.1. The molecule has 0 bridgehead atoms. The van der Waals surface area contributed by atoms with Crippen LogP contribution in [-0.4, -0.2) is 5.91 Å². The van der Waals surface area contributed by atoms with Crippen LogP contribution in [0.1, 0.15) is 11.1 Å². The van der Waals surface area contributed by atoms with Crippen LogP contribution in [0.2, 0.25) is 0 Å². The summed E-state index contributed by atoms with van der Waals surface area (Å²) in [7, 11) is 0. The minimum absolute atomic E-state index is 0.218. The molecule has 0 fully saturated rings. The van der Waals surface area contributed by atoms with Crippen LogP contribution in [-0.2, 0) is 4.79 Å². The molecule has 0 aliphatic rings. The normalized spacial score (nSPS) is 10.7. The lowest BCUT2D eigenvalue weighted by molar-refractivity contribution is -0.111. The Morgan fingerprint density at radius 2 is 1.67 bits per heavy atom. The van der Waals surface area contributed by atoms with Crippen LogP contribution in [0.5, 0.6) is 0 Å². The standard InChI is InChI=1S/C22H21N3OS/c1-16-6-13-19(14-7-16)27-25-18-11-8-17(9-12-18)10-15-22(26)24-21-5-3-2-4-20(21)23/h2-15,25H,23H2,1H3,(H,24,26)/b15-10+. The number of rotatable bonds is 6. The maximum Gasteiger partial charge on any atom is 0.248 e. The molecule has 0 saturated carbocycles. The second-order valence-electron chi connectivity index (χ2n) is 6.05. The number of hydrogen-bond donors (Lipinski definition) is 3. The fourth-order valence-electron chi connectivity index (χ4n) is 2.34. The summed E-state index contributed by atoms with van der Waals surface area (Å²) in [5, 5.41) is 2.77. The number of carbonyl (C=O) groups excluding carboxylic acids is 1. The fraction of sp³-hybridized carbons (Fsp3) is 0.0455. The van der Waals surface area contributed by atoms with Gasteiger partial charge in [0.25, 0.3) is 0 Å². The van der Waals surface area contributed by atoms with Crippen molar-refractivity contribution in [2.24, 2.45) is 0 Å². The van der Waals surface area contributed by atoms with Gasteiger partial charge in [0.05, 0.1) is 11.4 Å². The number of nitrogen functional groups attached to an aromatic ring is 1. The maximum atomic E-state index is 12.0. The molecule has 0 aliphatic carbocycles. The number of carbonyl (C=O) groups is 1. The summed E-state index contributed by atoms with van der Waals surface area (Å²) in [6, 6.07) is 23.4. The zero-order chi connectivity index (χ0) is 19.1. The Kier molecular flexibility index (Phi) is 6.18. The minimum Gasteiger partial charge on any atom is -0.397 e. The lowest BCUT2D eigenvalue weighted by Crippen LogP contribution is -2.09. The van der Waals surface area contributed by atoms with E-state index in [1.165, 1.54) is 11.6 Å². The van der Waals surface area contributed by atoms with Crippen molar-refractivity contribution in [2.75, 3.05) is 15.8 Å². The Hall–Kier alpha value is -3.18. The molecule has 0 radical (unpaired) electrons. The molecular formula is C22H21N3OS. The van der Waals surface area contributed by atoms with Crippen LogP contribution in [0.25, 0.3) is 6.08 Å². The summed E-state index contributed by atoms with van der Waals surface area (Å²) < 4.78 is 3.31. The molecule has 3 aromatic carbocycles. The van der Waals surface area contributed by atoms with Crippen molar-refractivity contribution in [3.05, 3.63) is 90.0 Å². The second kappa shape index (κ2) is 8.96. The third kappa shape index (κ3) is 5.66. The topological polar surface area (TPSA) is 67.2 Å². The Balaban J connectivity index is 1.53. The van der Waals surface area contributed by atoms with Gasteiger partial charge in [-0.1, -0.05) is 42.0 Å². The van der Waals surface area contributed by atoms with Crippen molar-refractivity contribution >= 4 is 41.0 Å². The molecule has 3 aromatic rings. The van der Waals surface area contributed by atoms with Gasteiger partial charge in [-0.15, -0.1) is 0 Å². The molecule has 0 aromatic heterocycles. The van der Waals surface area contributed by atoms with Crippen LogP contribution >= 0.6 is 11.9 Å². The first kappa shape index (κ1) is 18.6. The molecule has 1 amide bonds. The largest absolute Gasteiger partial charge is 0.397 e. The van der Waals surface area contributed by atoms with Gasteiger partial charge in [0.2, 0.25) is 5.91 Å². The highest BCUT2D eigenvalue weighted by atomic mass is 32.2. The monoisotopic (exact) mass is 375 g/mol. The van der Waals surface area contributed by atoms with Gasteiger partial charge in [-0.3, -0.25) is 4.79 Å². The molecule has 4 N–H and O–H groups in total. The van der Waals surface area contributed by atoms with Gasteiger partial charge >= 0.3 is 0 Å². The van der Waals surface area contributed by atoms with Crippen LogP contribution in [0.3, 0.4) is 0 Å². The molecule has 0 unspecified atom stereocenters. The molecule has 27 heavy (non-hydrogen) atoms.